The molecule has 2 N–H and O–H groups in total. The molecule has 0 saturated heterocycles. The lowest BCUT2D eigenvalue weighted by atomic mass is 9.89. The third-order valence-corrected chi connectivity index (χ3v) is 4.98. The second kappa shape index (κ2) is 7.31. The van der Waals surface area contributed by atoms with Crippen LogP contribution in [0.4, 0.5) is 5.82 Å². The minimum Gasteiger partial charge on any atom is -0.497 e. The fourth-order valence-electron chi connectivity index (χ4n) is 3.51. The number of carbonyl (C=O) groups excluding carboxylic acids is 1. The van der Waals surface area contributed by atoms with Crippen LogP contribution in [0.1, 0.15) is 34.0 Å². The number of ether oxygens (including phenoxy) is 2. The minimum atomic E-state index is -0.991. The number of imidazole rings is 1. The lowest BCUT2D eigenvalue weighted by Crippen LogP contribution is -2.25. The summed E-state index contributed by atoms with van der Waals surface area (Å²) in [6.07, 6.45) is 1.87. The number of aromatic carboxylic acids is 1. The Morgan fingerprint density at radius 1 is 1.17 bits per heavy atom. The predicted molar refractivity (Wildman–Crippen MR) is 105 cm³/mol. The Kier molecular flexibility index (Phi) is 4.67. The van der Waals surface area contributed by atoms with Crippen LogP contribution in [0.15, 0.2) is 48.8 Å². The molecule has 1 aromatic heterocycles. The molecule has 2 heterocycles. The average Bonchev–Trinajstić information content (AvgIpc) is 3.16. The number of aromatic nitrogens is 2. The van der Waals surface area contributed by atoms with Crippen molar-refractivity contribution in [3.63, 3.8) is 0 Å². The second-order valence-corrected chi connectivity index (χ2v) is 6.62. The van der Waals surface area contributed by atoms with Crippen molar-refractivity contribution in [1.29, 1.82) is 0 Å². The summed E-state index contributed by atoms with van der Waals surface area (Å²) < 4.78 is 12.5. The van der Waals surface area contributed by atoms with Gasteiger partial charge >= 0.3 is 5.97 Å². The molecule has 3 aromatic rings. The molecule has 29 heavy (non-hydrogen) atoms. The normalized spacial score (nSPS) is 15.4. The molecule has 8 heteroatoms. The van der Waals surface area contributed by atoms with Crippen LogP contribution in [0.2, 0.25) is 0 Å². The quantitative estimate of drug-likeness (QED) is 0.691. The zero-order valence-corrected chi connectivity index (χ0v) is 15.9. The number of rotatable bonds is 5. The Bertz CT molecular complexity index is 1090. The second-order valence-electron chi connectivity index (χ2n) is 6.62. The molecule has 0 aliphatic carbocycles. The van der Waals surface area contributed by atoms with Crippen LogP contribution >= 0.6 is 0 Å². The number of methoxy groups -OCH3 is 2. The number of carbonyl (C=O) groups is 2. The first-order chi connectivity index (χ1) is 14.0. The van der Waals surface area contributed by atoms with E-state index in [9.17, 15) is 9.59 Å². The van der Waals surface area contributed by atoms with Gasteiger partial charge < -0.3 is 19.9 Å². The lowest BCUT2D eigenvalue weighted by molar-refractivity contribution is -0.116. The first-order valence-electron chi connectivity index (χ1n) is 8.94. The van der Waals surface area contributed by atoms with Gasteiger partial charge in [0, 0.05) is 18.4 Å². The molecule has 0 bridgehead atoms. The van der Waals surface area contributed by atoms with Gasteiger partial charge in [-0.3, -0.25) is 9.36 Å². The summed E-state index contributed by atoms with van der Waals surface area (Å²) in [5.41, 5.74) is 2.45. The Balaban J connectivity index is 1.78. The molecule has 1 atom stereocenters. The van der Waals surface area contributed by atoms with E-state index in [4.69, 9.17) is 14.6 Å². The molecule has 1 aliphatic rings. The number of carboxylic acids is 1. The molecule has 8 nitrogen and oxygen atoms in total. The van der Waals surface area contributed by atoms with Gasteiger partial charge in [-0.15, -0.1) is 0 Å². The first kappa shape index (κ1) is 18.5. The van der Waals surface area contributed by atoms with Crippen molar-refractivity contribution in [1.82, 2.24) is 9.55 Å². The Labute approximate surface area is 166 Å². The standard InChI is InChI=1S/C21H19N3O5/c1-28-14-7-8-16(17(9-14)29-2)24-11-22-19-15(10-18(25)23-20(19)24)12-3-5-13(6-4-12)21(26)27/h3-9,11,15H,10H2,1-2H3,(H,23,25)(H,26,27)/t15-/m0/s1. The van der Waals surface area contributed by atoms with Gasteiger partial charge in [0.2, 0.25) is 5.91 Å². The molecule has 0 unspecified atom stereocenters. The van der Waals surface area contributed by atoms with E-state index < -0.39 is 5.97 Å². The highest BCUT2D eigenvalue weighted by Crippen LogP contribution is 2.39. The first-order valence-corrected chi connectivity index (χ1v) is 8.94. The van der Waals surface area contributed by atoms with Crippen LogP contribution in [-0.2, 0) is 4.79 Å². The Morgan fingerprint density at radius 2 is 1.93 bits per heavy atom. The van der Waals surface area contributed by atoms with Gasteiger partial charge in [-0.25, -0.2) is 9.78 Å². The number of hydrogen-bond acceptors (Lipinski definition) is 5. The van der Waals surface area contributed by atoms with Crippen molar-refractivity contribution >= 4 is 17.7 Å². The van der Waals surface area contributed by atoms with E-state index in [1.807, 2.05) is 6.07 Å². The van der Waals surface area contributed by atoms with E-state index in [1.54, 1.807) is 49.4 Å². The highest BCUT2D eigenvalue weighted by Gasteiger charge is 2.31. The maximum absolute atomic E-state index is 12.4. The third kappa shape index (κ3) is 3.29. The van der Waals surface area contributed by atoms with Crippen molar-refractivity contribution in [3.8, 4) is 17.2 Å². The van der Waals surface area contributed by atoms with Crippen LogP contribution in [-0.4, -0.2) is 40.8 Å². The maximum Gasteiger partial charge on any atom is 0.335 e. The largest absolute Gasteiger partial charge is 0.497 e. The molecular weight excluding hydrogens is 374 g/mol. The predicted octanol–water partition coefficient (Wildman–Crippen LogP) is 3.06. The minimum absolute atomic E-state index is 0.140. The monoisotopic (exact) mass is 393 g/mol. The van der Waals surface area contributed by atoms with Crippen LogP contribution in [0.25, 0.3) is 5.69 Å². The van der Waals surface area contributed by atoms with Gasteiger partial charge in [-0.05, 0) is 29.8 Å². The van der Waals surface area contributed by atoms with Gasteiger partial charge in [0.15, 0.2) is 0 Å². The van der Waals surface area contributed by atoms with Gasteiger partial charge in [0.1, 0.15) is 23.6 Å². The lowest BCUT2D eigenvalue weighted by Gasteiger charge is -2.24. The summed E-state index contributed by atoms with van der Waals surface area (Å²) in [6, 6.07) is 11.9. The average molecular weight is 393 g/mol. The molecule has 4 rings (SSSR count). The summed E-state index contributed by atoms with van der Waals surface area (Å²) in [6.45, 7) is 0. The molecule has 0 radical (unpaired) electrons. The highest BCUT2D eigenvalue weighted by atomic mass is 16.5. The molecular formula is C21H19N3O5. The van der Waals surface area contributed by atoms with E-state index in [0.717, 1.165) is 5.56 Å². The third-order valence-electron chi connectivity index (χ3n) is 4.98. The van der Waals surface area contributed by atoms with E-state index >= 15 is 0 Å². The summed E-state index contributed by atoms with van der Waals surface area (Å²) in [4.78, 5) is 28.1. The number of hydrogen-bond donors (Lipinski definition) is 2. The molecule has 2 aromatic carbocycles. The van der Waals surface area contributed by atoms with Gasteiger partial charge in [0.25, 0.3) is 0 Å². The number of anilines is 1. The Hall–Kier alpha value is -3.81. The van der Waals surface area contributed by atoms with Crippen molar-refractivity contribution < 1.29 is 24.2 Å². The van der Waals surface area contributed by atoms with Gasteiger partial charge in [-0.2, -0.15) is 0 Å². The number of carboxylic acid groups (broad SMARTS) is 1. The zero-order valence-electron chi connectivity index (χ0n) is 15.9. The molecule has 0 saturated carbocycles. The number of fused-ring (bicyclic) bond motifs is 1. The molecule has 1 amide bonds. The zero-order chi connectivity index (χ0) is 20.5. The number of benzene rings is 2. The van der Waals surface area contributed by atoms with Crippen molar-refractivity contribution in [2.45, 2.75) is 12.3 Å². The van der Waals surface area contributed by atoms with E-state index in [1.165, 1.54) is 12.1 Å². The molecule has 0 spiro atoms. The number of nitrogens with zero attached hydrogens (tertiary/aromatic N) is 2. The van der Waals surface area contributed by atoms with Crippen LogP contribution in [0, 0.1) is 0 Å². The Morgan fingerprint density at radius 3 is 2.59 bits per heavy atom. The van der Waals surface area contributed by atoms with Crippen LogP contribution in [0.3, 0.4) is 0 Å². The summed E-state index contributed by atoms with van der Waals surface area (Å²) in [5.74, 6) is 0.393. The summed E-state index contributed by atoms with van der Waals surface area (Å²) in [7, 11) is 3.14. The van der Waals surface area contributed by atoms with Crippen LogP contribution in [0.5, 0.6) is 11.5 Å². The van der Waals surface area contributed by atoms with Crippen molar-refractivity contribution in [2.75, 3.05) is 19.5 Å². The van der Waals surface area contributed by atoms with Crippen molar-refractivity contribution in [2.24, 2.45) is 0 Å². The SMILES string of the molecule is COc1ccc(-n2cnc3c2NC(=O)C[C@H]3c2ccc(C(=O)O)cc2)c(OC)c1. The van der Waals surface area contributed by atoms with Gasteiger partial charge in [-0.1, -0.05) is 12.1 Å². The fourth-order valence-corrected chi connectivity index (χ4v) is 3.51. The van der Waals surface area contributed by atoms with E-state index in [0.29, 0.717) is 28.7 Å². The van der Waals surface area contributed by atoms with E-state index in [2.05, 4.69) is 10.3 Å². The highest BCUT2D eigenvalue weighted by molar-refractivity contribution is 5.94. The van der Waals surface area contributed by atoms with Crippen molar-refractivity contribution in [3.05, 3.63) is 65.6 Å². The number of nitrogens with one attached hydrogen (secondary N) is 1. The van der Waals surface area contributed by atoms with E-state index in [-0.39, 0.29) is 23.8 Å². The number of amides is 1. The maximum atomic E-state index is 12.4. The molecule has 1 aliphatic heterocycles. The molecule has 148 valence electrons. The summed E-state index contributed by atoms with van der Waals surface area (Å²) >= 11 is 0. The molecule has 0 fully saturated rings. The van der Waals surface area contributed by atoms with Crippen LogP contribution < -0.4 is 14.8 Å². The topological polar surface area (TPSA) is 103 Å². The fraction of sp³-hybridized carbons (Fsp3) is 0.190. The van der Waals surface area contributed by atoms with Gasteiger partial charge in [0.05, 0.1) is 31.2 Å². The smallest absolute Gasteiger partial charge is 0.335 e. The summed E-state index contributed by atoms with van der Waals surface area (Å²) in [5, 5.41) is 12.0.